The van der Waals surface area contributed by atoms with Gasteiger partial charge in [-0.15, -0.1) is 0 Å². The monoisotopic (exact) mass is 298 g/mol. The maximum atomic E-state index is 5.11. The number of rotatable bonds is 6. The van der Waals surface area contributed by atoms with Crippen LogP contribution in [0.15, 0.2) is 24.5 Å². The van der Waals surface area contributed by atoms with Gasteiger partial charge in [-0.3, -0.25) is 0 Å². The molecule has 0 aromatic carbocycles. The smallest absolute Gasteiger partial charge is 0.157 e. The fourth-order valence-electron chi connectivity index (χ4n) is 1.62. The summed E-state index contributed by atoms with van der Waals surface area (Å²) < 4.78 is 6.87. The van der Waals surface area contributed by atoms with Crippen LogP contribution >= 0.6 is 15.9 Å². The molecule has 0 unspecified atom stereocenters. The van der Waals surface area contributed by atoms with Gasteiger partial charge in [0.05, 0.1) is 12.8 Å². The number of halogens is 1. The highest BCUT2D eigenvalue weighted by atomic mass is 79.9. The van der Waals surface area contributed by atoms with Crippen molar-refractivity contribution in [2.45, 2.75) is 0 Å². The summed E-state index contributed by atoms with van der Waals surface area (Å²) in [6.07, 6.45) is 3.67. The summed E-state index contributed by atoms with van der Waals surface area (Å²) in [4.78, 5) is 6.74. The molecule has 6 heteroatoms. The number of fused-ring (bicyclic) bond motifs is 1. The average Bonchev–Trinajstić information content (AvgIpc) is 2.81. The average molecular weight is 299 g/mol. The molecule has 0 amide bonds. The summed E-state index contributed by atoms with van der Waals surface area (Å²) in [5, 5.41) is 5.03. The fraction of sp³-hybridized carbons (Fsp3) is 0.455. The van der Waals surface area contributed by atoms with Gasteiger partial charge in [-0.25, -0.2) is 9.50 Å². The molecule has 0 atom stereocenters. The summed E-state index contributed by atoms with van der Waals surface area (Å²) in [6.45, 7) is 2.43. The third-order valence-electron chi connectivity index (χ3n) is 2.49. The Balaban J connectivity index is 2.20. The van der Waals surface area contributed by atoms with E-state index in [0.717, 1.165) is 29.9 Å². The zero-order valence-corrected chi connectivity index (χ0v) is 11.3. The largest absolute Gasteiger partial charge is 0.383 e. The molecule has 0 bridgehead atoms. The standard InChI is InChI=1S/C11H15BrN4O/c1-17-9-8-15(7-4-12)10-3-6-16-11(14-10)2-5-13-16/h2-3,5-6H,4,7-9H2,1H3. The van der Waals surface area contributed by atoms with E-state index in [2.05, 4.69) is 30.9 Å². The van der Waals surface area contributed by atoms with E-state index in [-0.39, 0.29) is 0 Å². The second-order valence-electron chi connectivity index (χ2n) is 3.59. The van der Waals surface area contributed by atoms with Gasteiger partial charge in [-0.1, -0.05) is 15.9 Å². The Bertz CT molecular complexity index is 473. The molecule has 0 saturated heterocycles. The SMILES string of the molecule is COCCN(CCBr)c1ccn2nccc2n1. The molecule has 0 radical (unpaired) electrons. The van der Waals surface area contributed by atoms with Crippen molar-refractivity contribution in [1.82, 2.24) is 14.6 Å². The highest BCUT2D eigenvalue weighted by Crippen LogP contribution is 2.12. The molecule has 92 valence electrons. The molecule has 2 aromatic heterocycles. The Morgan fingerprint density at radius 2 is 2.29 bits per heavy atom. The third-order valence-corrected chi connectivity index (χ3v) is 2.84. The van der Waals surface area contributed by atoms with Crippen LogP contribution in [-0.2, 0) is 4.74 Å². The third kappa shape index (κ3) is 2.95. The first-order valence-corrected chi connectivity index (χ1v) is 6.57. The minimum atomic E-state index is 0.694. The second kappa shape index (κ2) is 5.97. The molecule has 17 heavy (non-hydrogen) atoms. The van der Waals surface area contributed by atoms with Crippen LogP contribution in [0.5, 0.6) is 0 Å². The predicted octanol–water partition coefficient (Wildman–Crippen LogP) is 1.58. The number of methoxy groups -OCH3 is 1. The van der Waals surface area contributed by atoms with E-state index in [1.807, 2.05) is 18.3 Å². The van der Waals surface area contributed by atoms with Crippen LogP contribution in [-0.4, -0.2) is 46.7 Å². The highest BCUT2D eigenvalue weighted by Gasteiger charge is 2.08. The molecule has 5 nitrogen and oxygen atoms in total. The molecular formula is C11H15BrN4O. The first-order chi connectivity index (χ1) is 8.35. The maximum Gasteiger partial charge on any atom is 0.157 e. The van der Waals surface area contributed by atoms with Crippen molar-refractivity contribution >= 4 is 27.4 Å². The van der Waals surface area contributed by atoms with Gasteiger partial charge in [0.25, 0.3) is 0 Å². The Morgan fingerprint density at radius 3 is 3.06 bits per heavy atom. The van der Waals surface area contributed by atoms with Crippen molar-refractivity contribution in [2.24, 2.45) is 0 Å². The first kappa shape index (κ1) is 12.3. The molecule has 0 aliphatic heterocycles. The summed E-state index contributed by atoms with van der Waals surface area (Å²) in [5.41, 5.74) is 0.861. The van der Waals surface area contributed by atoms with Gasteiger partial charge in [-0.2, -0.15) is 5.10 Å². The molecule has 2 aromatic rings. The minimum Gasteiger partial charge on any atom is -0.383 e. The van der Waals surface area contributed by atoms with Crippen molar-refractivity contribution in [2.75, 3.05) is 37.0 Å². The quantitative estimate of drug-likeness (QED) is 0.760. The number of hydrogen-bond acceptors (Lipinski definition) is 4. The Labute approximate surface area is 109 Å². The van der Waals surface area contributed by atoms with E-state index in [1.54, 1.807) is 17.8 Å². The molecule has 0 N–H and O–H groups in total. The summed E-state index contributed by atoms with van der Waals surface area (Å²) in [6, 6.07) is 3.87. The number of ether oxygens (including phenoxy) is 1. The predicted molar refractivity (Wildman–Crippen MR) is 70.9 cm³/mol. The Kier molecular flexibility index (Phi) is 4.33. The lowest BCUT2D eigenvalue weighted by Gasteiger charge is -2.22. The van der Waals surface area contributed by atoms with E-state index in [4.69, 9.17) is 4.74 Å². The maximum absolute atomic E-state index is 5.11. The van der Waals surface area contributed by atoms with Crippen molar-refractivity contribution in [3.8, 4) is 0 Å². The molecule has 0 fully saturated rings. The van der Waals surface area contributed by atoms with Crippen molar-refractivity contribution in [1.29, 1.82) is 0 Å². The van der Waals surface area contributed by atoms with Gasteiger partial charge < -0.3 is 9.64 Å². The van der Waals surface area contributed by atoms with Gasteiger partial charge in [0.15, 0.2) is 5.65 Å². The molecule has 2 rings (SSSR count). The molecule has 0 aliphatic rings. The van der Waals surface area contributed by atoms with E-state index < -0.39 is 0 Å². The van der Waals surface area contributed by atoms with Gasteiger partial charge in [0.2, 0.25) is 0 Å². The summed E-state index contributed by atoms with van der Waals surface area (Å²) in [5.74, 6) is 0.953. The van der Waals surface area contributed by atoms with Crippen LogP contribution in [0.25, 0.3) is 5.65 Å². The number of aromatic nitrogens is 3. The normalized spacial score (nSPS) is 10.9. The van der Waals surface area contributed by atoms with Crippen LogP contribution in [0, 0.1) is 0 Å². The first-order valence-electron chi connectivity index (χ1n) is 5.45. The van der Waals surface area contributed by atoms with Crippen LogP contribution < -0.4 is 4.90 Å². The minimum absolute atomic E-state index is 0.694. The fourth-order valence-corrected chi connectivity index (χ4v) is 2.05. The zero-order chi connectivity index (χ0) is 12.1. The Hall–Kier alpha value is -1.14. The Morgan fingerprint density at radius 1 is 1.41 bits per heavy atom. The van der Waals surface area contributed by atoms with Crippen LogP contribution in [0.4, 0.5) is 5.82 Å². The second-order valence-corrected chi connectivity index (χ2v) is 4.38. The van der Waals surface area contributed by atoms with Crippen LogP contribution in [0.2, 0.25) is 0 Å². The molecule has 2 heterocycles. The van der Waals surface area contributed by atoms with E-state index in [9.17, 15) is 0 Å². The summed E-state index contributed by atoms with van der Waals surface area (Å²) >= 11 is 3.45. The van der Waals surface area contributed by atoms with E-state index >= 15 is 0 Å². The van der Waals surface area contributed by atoms with Crippen LogP contribution in [0.3, 0.4) is 0 Å². The van der Waals surface area contributed by atoms with Gasteiger partial charge >= 0.3 is 0 Å². The number of alkyl halides is 1. The number of anilines is 1. The molecule has 0 saturated carbocycles. The molecule has 0 spiro atoms. The lowest BCUT2D eigenvalue weighted by Crippen LogP contribution is -2.30. The van der Waals surface area contributed by atoms with Crippen molar-refractivity contribution in [3.63, 3.8) is 0 Å². The van der Waals surface area contributed by atoms with Gasteiger partial charge in [-0.05, 0) is 6.07 Å². The van der Waals surface area contributed by atoms with Gasteiger partial charge in [0.1, 0.15) is 5.82 Å². The molecule has 0 aliphatic carbocycles. The van der Waals surface area contributed by atoms with Crippen molar-refractivity contribution < 1.29 is 4.74 Å². The molecular weight excluding hydrogens is 284 g/mol. The van der Waals surface area contributed by atoms with Gasteiger partial charge in [0, 0.05) is 37.8 Å². The lowest BCUT2D eigenvalue weighted by molar-refractivity contribution is 0.205. The van der Waals surface area contributed by atoms with E-state index in [0.29, 0.717) is 6.61 Å². The lowest BCUT2D eigenvalue weighted by atomic mass is 10.4. The van der Waals surface area contributed by atoms with Crippen LogP contribution in [0.1, 0.15) is 0 Å². The zero-order valence-electron chi connectivity index (χ0n) is 9.71. The highest BCUT2D eigenvalue weighted by molar-refractivity contribution is 9.09. The van der Waals surface area contributed by atoms with E-state index in [1.165, 1.54) is 0 Å². The number of hydrogen-bond donors (Lipinski definition) is 0. The van der Waals surface area contributed by atoms with Crippen molar-refractivity contribution in [3.05, 3.63) is 24.5 Å². The summed E-state index contributed by atoms with van der Waals surface area (Å²) in [7, 11) is 1.71. The number of nitrogens with zero attached hydrogens (tertiary/aromatic N) is 4. The topological polar surface area (TPSA) is 42.7 Å².